The van der Waals surface area contributed by atoms with Gasteiger partial charge in [0.2, 0.25) is 5.91 Å². The Hall–Kier alpha value is -2.83. The summed E-state index contributed by atoms with van der Waals surface area (Å²) in [5.41, 5.74) is 0.216. The Morgan fingerprint density at radius 3 is 2.38 bits per heavy atom. The van der Waals surface area contributed by atoms with Gasteiger partial charge in [0.1, 0.15) is 17.1 Å². The average molecular weight is 331 g/mol. The Bertz CT molecular complexity index is 742. The molecule has 0 saturated carbocycles. The quantitative estimate of drug-likeness (QED) is 0.878. The summed E-state index contributed by atoms with van der Waals surface area (Å²) in [5.74, 6) is -0.508. The number of hydrogen-bond acceptors (Lipinski definition) is 4. The molecule has 0 saturated heterocycles. The molecule has 0 bridgehead atoms. The number of carboxylic acids is 1. The lowest BCUT2D eigenvalue weighted by atomic mass is 9.96. The fourth-order valence-corrected chi connectivity index (χ4v) is 1.99. The zero-order valence-corrected chi connectivity index (χ0v) is 14.2. The third-order valence-corrected chi connectivity index (χ3v) is 3.47. The molecule has 2 N–H and O–H groups in total. The Morgan fingerprint density at radius 1 is 1.25 bits per heavy atom. The predicted octanol–water partition coefficient (Wildman–Crippen LogP) is 2.62. The number of carbonyl (C=O) groups excluding carboxylic acids is 1. The highest BCUT2D eigenvalue weighted by Gasteiger charge is 2.25. The Labute approximate surface area is 140 Å². The number of amides is 1. The van der Waals surface area contributed by atoms with Gasteiger partial charge >= 0.3 is 5.97 Å². The third kappa shape index (κ3) is 3.92. The van der Waals surface area contributed by atoms with Gasteiger partial charge in [0.25, 0.3) is 0 Å². The van der Waals surface area contributed by atoms with Crippen molar-refractivity contribution in [2.24, 2.45) is 5.41 Å². The number of carbonyl (C=O) groups is 2. The molecule has 0 fully saturated rings. The minimum atomic E-state index is -1.14. The second-order valence-electron chi connectivity index (χ2n) is 6.42. The van der Waals surface area contributed by atoms with Gasteiger partial charge in [-0.1, -0.05) is 32.9 Å². The molecule has 1 amide bonds. The van der Waals surface area contributed by atoms with E-state index < -0.39 is 11.4 Å². The minimum Gasteiger partial charge on any atom is -0.497 e. The van der Waals surface area contributed by atoms with Crippen LogP contribution in [0.3, 0.4) is 0 Å². The van der Waals surface area contributed by atoms with E-state index >= 15 is 0 Å². The summed E-state index contributed by atoms with van der Waals surface area (Å²) in [7, 11) is 1.59. The topological polar surface area (TPSA) is 93.5 Å². The number of nitrogens with one attached hydrogen (secondary N) is 1. The van der Waals surface area contributed by atoms with E-state index in [1.807, 2.05) is 24.3 Å². The van der Waals surface area contributed by atoms with Crippen molar-refractivity contribution in [1.82, 2.24) is 9.78 Å². The molecule has 1 aromatic heterocycles. The highest BCUT2D eigenvalue weighted by atomic mass is 16.5. The van der Waals surface area contributed by atoms with Gasteiger partial charge in [0.05, 0.1) is 19.9 Å². The number of methoxy groups -OCH3 is 1. The normalized spacial score (nSPS) is 11.2. The maximum atomic E-state index is 12.2. The molecule has 7 heteroatoms. The highest BCUT2D eigenvalue weighted by molar-refractivity contribution is 6.00. The van der Waals surface area contributed by atoms with Crippen LogP contribution in [-0.2, 0) is 11.3 Å². The lowest BCUT2D eigenvalue weighted by Crippen LogP contribution is -2.29. The van der Waals surface area contributed by atoms with E-state index in [1.165, 1.54) is 10.9 Å². The molecule has 0 aliphatic rings. The number of carboxylic acid groups (broad SMARTS) is 1. The number of rotatable bonds is 5. The summed E-state index contributed by atoms with van der Waals surface area (Å²) in [5, 5.41) is 16.1. The van der Waals surface area contributed by atoms with Gasteiger partial charge in [-0.3, -0.25) is 4.79 Å². The van der Waals surface area contributed by atoms with E-state index in [9.17, 15) is 14.7 Å². The summed E-state index contributed by atoms with van der Waals surface area (Å²) in [6.45, 7) is 5.60. The van der Waals surface area contributed by atoms with Gasteiger partial charge in [-0.25, -0.2) is 9.48 Å². The lowest BCUT2D eigenvalue weighted by Gasteiger charge is -2.19. The SMILES string of the molecule is COc1ccc(Cn2ncc(C(=O)O)c2NC(=O)C(C)(C)C)cc1. The van der Waals surface area contributed by atoms with Crippen LogP contribution in [0.15, 0.2) is 30.5 Å². The zero-order valence-electron chi connectivity index (χ0n) is 14.2. The highest BCUT2D eigenvalue weighted by Crippen LogP contribution is 2.22. The molecule has 0 spiro atoms. The number of aromatic carboxylic acids is 1. The number of benzene rings is 1. The van der Waals surface area contributed by atoms with Gasteiger partial charge in [-0.05, 0) is 17.7 Å². The van der Waals surface area contributed by atoms with E-state index in [0.717, 1.165) is 11.3 Å². The number of ether oxygens (including phenoxy) is 1. The molecule has 0 aliphatic heterocycles. The van der Waals surface area contributed by atoms with Crippen molar-refractivity contribution in [2.75, 3.05) is 12.4 Å². The van der Waals surface area contributed by atoms with Crippen molar-refractivity contribution < 1.29 is 19.4 Å². The number of nitrogens with zero attached hydrogens (tertiary/aromatic N) is 2. The fraction of sp³-hybridized carbons (Fsp3) is 0.353. The Morgan fingerprint density at radius 2 is 1.88 bits per heavy atom. The van der Waals surface area contributed by atoms with Crippen LogP contribution >= 0.6 is 0 Å². The van der Waals surface area contributed by atoms with Gasteiger partial charge in [0, 0.05) is 5.41 Å². The van der Waals surface area contributed by atoms with Gasteiger partial charge < -0.3 is 15.2 Å². The maximum Gasteiger partial charge on any atom is 0.341 e. The van der Waals surface area contributed by atoms with E-state index in [-0.39, 0.29) is 17.3 Å². The maximum absolute atomic E-state index is 12.2. The monoisotopic (exact) mass is 331 g/mol. The Kier molecular flexibility index (Phi) is 4.92. The predicted molar refractivity (Wildman–Crippen MR) is 89.4 cm³/mol. The third-order valence-electron chi connectivity index (χ3n) is 3.47. The van der Waals surface area contributed by atoms with Crippen molar-refractivity contribution in [3.05, 3.63) is 41.6 Å². The average Bonchev–Trinajstić information content (AvgIpc) is 2.90. The van der Waals surface area contributed by atoms with Crippen LogP contribution in [0.2, 0.25) is 0 Å². The van der Waals surface area contributed by atoms with Gasteiger partial charge in [0.15, 0.2) is 0 Å². The standard InChI is InChI=1S/C17H21N3O4/c1-17(2,3)16(23)19-14-13(15(21)22)9-18-20(14)10-11-5-7-12(24-4)8-6-11/h5-9H,10H2,1-4H3,(H,19,23)(H,21,22). The van der Waals surface area contributed by atoms with Crippen molar-refractivity contribution in [3.63, 3.8) is 0 Å². The summed E-state index contributed by atoms with van der Waals surface area (Å²) < 4.78 is 6.58. The molecule has 1 aromatic carbocycles. The van der Waals surface area contributed by atoms with Crippen molar-refractivity contribution in [3.8, 4) is 5.75 Å². The molecule has 0 unspecified atom stereocenters. The first-order chi connectivity index (χ1) is 11.2. The second-order valence-corrected chi connectivity index (χ2v) is 6.42. The lowest BCUT2D eigenvalue weighted by molar-refractivity contribution is -0.123. The largest absolute Gasteiger partial charge is 0.497 e. The molecule has 1 heterocycles. The molecule has 0 atom stereocenters. The van der Waals surface area contributed by atoms with Crippen LogP contribution in [0.5, 0.6) is 5.75 Å². The van der Waals surface area contributed by atoms with Gasteiger partial charge in [-0.15, -0.1) is 0 Å². The Balaban J connectivity index is 2.32. The van der Waals surface area contributed by atoms with Gasteiger partial charge in [-0.2, -0.15) is 5.10 Å². The molecular formula is C17H21N3O4. The summed E-state index contributed by atoms with van der Waals surface area (Å²) in [6, 6.07) is 7.33. The second kappa shape index (κ2) is 6.74. The molecule has 128 valence electrons. The summed E-state index contributed by atoms with van der Waals surface area (Å²) in [6.07, 6.45) is 1.24. The van der Waals surface area contributed by atoms with E-state index in [4.69, 9.17) is 4.74 Å². The molecule has 24 heavy (non-hydrogen) atoms. The van der Waals surface area contributed by atoms with Crippen LogP contribution in [0.1, 0.15) is 36.7 Å². The van der Waals surface area contributed by atoms with E-state index in [1.54, 1.807) is 27.9 Å². The van der Waals surface area contributed by atoms with Crippen LogP contribution in [-0.4, -0.2) is 33.9 Å². The smallest absolute Gasteiger partial charge is 0.341 e. The first-order valence-electron chi connectivity index (χ1n) is 7.46. The molecular weight excluding hydrogens is 310 g/mol. The van der Waals surface area contributed by atoms with E-state index in [2.05, 4.69) is 10.4 Å². The fourth-order valence-electron chi connectivity index (χ4n) is 1.99. The van der Waals surface area contributed by atoms with Crippen molar-refractivity contribution in [1.29, 1.82) is 0 Å². The first kappa shape index (κ1) is 17.5. The molecule has 0 aliphatic carbocycles. The first-order valence-corrected chi connectivity index (χ1v) is 7.46. The van der Waals surface area contributed by atoms with Crippen LogP contribution in [0, 0.1) is 5.41 Å². The molecule has 0 radical (unpaired) electrons. The van der Waals surface area contributed by atoms with Crippen LogP contribution in [0.25, 0.3) is 0 Å². The molecule has 7 nitrogen and oxygen atoms in total. The summed E-state index contributed by atoms with van der Waals surface area (Å²) >= 11 is 0. The zero-order chi connectivity index (χ0) is 17.9. The minimum absolute atomic E-state index is 0.0406. The van der Waals surface area contributed by atoms with Crippen LogP contribution < -0.4 is 10.1 Å². The van der Waals surface area contributed by atoms with E-state index in [0.29, 0.717) is 6.54 Å². The van der Waals surface area contributed by atoms with Crippen molar-refractivity contribution >= 4 is 17.7 Å². The number of anilines is 1. The number of hydrogen-bond donors (Lipinski definition) is 2. The summed E-state index contributed by atoms with van der Waals surface area (Å²) in [4.78, 5) is 23.6. The van der Waals surface area contributed by atoms with Crippen molar-refractivity contribution in [2.45, 2.75) is 27.3 Å². The van der Waals surface area contributed by atoms with Crippen LogP contribution in [0.4, 0.5) is 5.82 Å². The molecule has 2 aromatic rings. The number of aromatic nitrogens is 2. The molecule has 2 rings (SSSR count).